The molecule has 0 aromatic rings. The van der Waals surface area contributed by atoms with Gasteiger partial charge in [-0.1, -0.05) is 78.9 Å². The van der Waals surface area contributed by atoms with Crippen LogP contribution in [-0.2, 0) is 0 Å². The predicted molar refractivity (Wildman–Crippen MR) is 118 cm³/mol. The molecule has 0 bridgehead atoms. The number of hydrogen-bond acceptors (Lipinski definition) is 0. The molecule has 0 aromatic carbocycles. The van der Waals surface area contributed by atoms with Crippen molar-refractivity contribution in [3.05, 3.63) is 12.2 Å². The van der Waals surface area contributed by atoms with Crippen molar-refractivity contribution >= 4 is 0 Å². The van der Waals surface area contributed by atoms with E-state index in [0.717, 1.165) is 41.4 Å². The standard InChI is InChI=1S/C27H46/c1-19(2)9-8-10-20(3)21-14-18-27(5)24(21)13-12-22-23-11-6-7-16-26(23,4)17-15-25(22)27/h14,18-25H,6-13,15-17H2,1-5H3/t20-,21+,22-,23-,24+,25-,26-,27-/m0/s1. The zero-order valence-electron chi connectivity index (χ0n) is 19.0. The first-order valence-electron chi connectivity index (χ1n) is 12.5. The Morgan fingerprint density at radius 2 is 1.67 bits per heavy atom. The highest BCUT2D eigenvalue weighted by molar-refractivity contribution is 5.20. The largest absolute Gasteiger partial charge is 0.0843 e. The molecule has 4 aliphatic carbocycles. The minimum atomic E-state index is 0.513. The number of hydrogen-bond donors (Lipinski definition) is 0. The third-order valence-electron chi connectivity index (χ3n) is 10.1. The maximum Gasteiger partial charge on any atom is -0.00815 e. The van der Waals surface area contributed by atoms with Crippen LogP contribution in [0, 0.1) is 52.3 Å². The van der Waals surface area contributed by atoms with Crippen molar-refractivity contribution in [1.82, 2.24) is 0 Å². The maximum absolute atomic E-state index is 2.74. The molecule has 3 fully saturated rings. The molecular formula is C27H46. The summed E-state index contributed by atoms with van der Waals surface area (Å²) in [4.78, 5) is 0. The number of rotatable bonds is 5. The lowest BCUT2D eigenvalue weighted by Gasteiger charge is -2.60. The fourth-order valence-corrected chi connectivity index (χ4v) is 8.51. The van der Waals surface area contributed by atoms with Gasteiger partial charge in [0, 0.05) is 0 Å². The average Bonchev–Trinajstić information content (AvgIpc) is 2.98. The monoisotopic (exact) mass is 370 g/mol. The molecule has 3 saturated carbocycles. The first-order valence-corrected chi connectivity index (χ1v) is 12.5. The minimum absolute atomic E-state index is 0.513. The molecule has 0 aliphatic heterocycles. The molecule has 0 amide bonds. The molecule has 8 atom stereocenters. The topological polar surface area (TPSA) is 0 Å². The summed E-state index contributed by atoms with van der Waals surface area (Å²) in [6.07, 6.45) is 21.9. The molecule has 0 heteroatoms. The van der Waals surface area contributed by atoms with E-state index in [-0.39, 0.29) is 0 Å². The zero-order chi connectivity index (χ0) is 19.2. The highest BCUT2D eigenvalue weighted by Gasteiger charge is 2.58. The lowest BCUT2D eigenvalue weighted by Crippen LogP contribution is -2.52. The molecule has 0 aromatic heterocycles. The van der Waals surface area contributed by atoms with Gasteiger partial charge < -0.3 is 0 Å². The fraction of sp³-hybridized carbons (Fsp3) is 0.926. The van der Waals surface area contributed by atoms with Crippen LogP contribution in [0.1, 0.15) is 105 Å². The van der Waals surface area contributed by atoms with Crippen molar-refractivity contribution in [2.24, 2.45) is 52.3 Å². The first-order chi connectivity index (χ1) is 12.8. The molecule has 0 spiro atoms. The molecule has 154 valence electrons. The van der Waals surface area contributed by atoms with Gasteiger partial charge in [-0.25, -0.2) is 0 Å². The smallest absolute Gasteiger partial charge is 0.00815 e. The summed E-state index contributed by atoms with van der Waals surface area (Å²) >= 11 is 0. The van der Waals surface area contributed by atoms with Crippen LogP contribution in [0.2, 0.25) is 0 Å². The summed E-state index contributed by atoms with van der Waals surface area (Å²) in [7, 11) is 0. The highest BCUT2D eigenvalue weighted by Crippen LogP contribution is 2.66. The van der Waals surface area contributed by atoms with Crippen LogP contribution in [-0.4, -0.2) is 0 Å². The summed E-state index contributed by atoms with van der Waals surface area (Å²) in [5.74, 6) is 6.61. The summed E-state index contributed by atoms with van der Waals surface area (Å²) in [5, 5.41) is 0. The van der Waals surface area contributed by atoms with Gasteiger partial charge in [-0.2, -0.15) is 0 Å². The van der Waals surface area contributed by atoms with E-state index in [2.05, 4.69) is 46.8 Å². The van der Waals surface area contributed by atoms with Crippen molar-refractivity contribution in [3.8, 4) is 0 Å². The third kappa shape index (κ3) is 3.46. The highest BCUT2D eigenvalue weighted by atomic mass is 14.6. The second kappa shape index (κ2) is 7.53. The van der Waals surface area contributed by atoms with Crippen LogP contribution in [0.25, 0.3) is 0 Å². The van der Waals surface area contributed by atoms with Crippen molar-refractivity contribution in [1.29, 1.82) is 0 Å². The van der Waals surface area contributed by atoms with E-state index in [9.17, 15) is 0 Å². The van der Waals surface area contributed by atoms with E-state index in [1.807, 2.05) is 0 Å². The molecule has 27 heavy (non-hydrogen) atoms. The molecule has 4 rings (SSSR count). The number of allylic oxidation sites excluding steroid dienone is 2. The van der Waals surface area contributed by atoms with E-state index < -0.39 is 0 Å². The third-order valence-corrected chi connectivity index (χ3v) is 10.1. The average molecular weight is 371 g/mol. The van der Waals surface area contributed by atoms with Gasteiger partial charge in [-0.15, -0.1) is 0 Å². The lowest BCUT2D eigenvalue weighted by molar-refractivity contribution is -0.0975. The Kier molecular flexibility index (Phi) is 5.59. The molecular weight excluding hydrogens is 324 g/mol. The van der Waals surface area contributed by atoms with Crippen LogP contribution in [0.3, 0.4) is 0 Å². The Bertz CT molecular complexity index is 544. The molecule has 0 nitrogen and oxygen atoms in total. The van der Waals surface area contributed by atoms with Gasteiger partial charge in [0.05, 0.1) is 0 Å². The Labute approximate surface area is 170 Å². The van der Waals surface area contributed by atoms with Gasteiger partial charge in [0.15, 0.2) is 0 Å². The summed E-state index contributed by atoms with van der Waals surface area (Å²) in [6, 6.07) is 0. The molecule has 4 aliphatic rings. The van der Waals surface area contributed by atoms with Gasteiger partial charge >= 0.3 is 0 Å². The summed E-state index contributed by atoms with van der Waals surface area (Å²) < 4.78 is 0. The predicted octanol–water partition coefficient (Wildman–Crippen LogP) is 8.27. The van der Waals surface area contributed by atoms with Crippen LogP contribution in [0.4, 0.5) is 0 Å². The van der Waals surface area contributed by atoms with Crippen molar-refractivity contribution in [2.45, 2.75) is 105 Å². The van der Waals surface area contributed by atoms with Crippen LogP contribution >= 0.6 is 0 Å². The van der Waals surface area contributed by atoms with Gasteiger partial charge in [-0.05, 0) is 90.8 Å². The molecule has 0 heterocycles. The van der Waals surface area contributed by atoms with Gasteiger partial charge in [-0.3, -0.25) is 0 Å². The van der Waals surface area contributed by atoms with Crippen LogP contribution in [0.15, 0.2) is 12.2 Å². The maximum atomic E-state index is 2.74. The second-order valence-corrected chi connectivity index (χ2v) is 12.1. The molecule has 0 saturated heterocycles. The van der Waals surface area contributed by atoms with E-state index in [0.29, 0.717) is 10.8 Å². The second-order valence-electron chi connectivity index (χ2n) is 12.1. The Hall–Kier alpha value is -0.260. The van der Waals surface area contributed by atoms with E-state index in [4.69, 9.17) is 0 Å². The Morgan fingerprint density at radius 1 is 0.852 bits per heavy atom. The van der Waals surface area contributed by atoms with Gasteiger partial charge in [0.2, 0.25) is 0 Å². The van der Waals surface area contributed by atoms with Gasteiger partial charge in [0.1, 0.15) is 0 Å². The van der Waals surface area contributed by atoms with Crippen molar-refractivity contribution in [2.75, 3.05) is 0 Å². The van der Waals surface area contributed by atoms with Crippen LogP contribution in [0.5, 0.6) is 0 Å². The molecule has 0 unspecified atom stereocenters. The van der Waals surface area contributed by atoms with E-state index >= 15 is 0 Å². The Morgan fingerprint density at radius 3 is 2.44 bits per heavy atom. The van der Waals surface area contributed by atoms with Gasteiger partial charge in [0.25, 0.3) is 0 Å². The van der Waals surface area contributed by atoms with E-state index in [1.54, 1.807) is 6.42 Å². The molecule has 0 radical (unpaired) electrons. The van der Waals surface area contributed by atoms with Crippen molar-refractivity contribution in [3.63, 3.8) is 0 Å². The summed E-state index contributed by atoms with van der Waals surface area (Å²) in [5.41, 5.74) is 1.20. The summed E-state index contributed by atoms with van der Waals surface area (Å²) in [6.45, 7) is 12.6. The fourth-order valence-electron chi connectivity index (χ4n) is 8.51. The number of fused-ring (bicyclic) bond motifs is 5. The van der Waals surface area contributed by atoms with Crippen LogP contribution < -0.4 is 0 Å². The first kappa shape index (κ1) is 20.0. The van der Waals surface area contributed by atoms with Crippen molar-refractivity contribution < 1.29 is 0 Å². The SMILES string of the molecule is CC(C)CCC[C@H](C)[C@H]1C=C[C@@]2(C)[C@@H]1CC[C@H]1[C@@H]3CCCC[C@@]3(C)CC[C@@H]12. The zero-order valence-corrected chi connectivity index (χ0v) is 19.0. The lowest BCUT2D eigenvalue weighted by atomic mass is 9.45. The molecule has 0 N–H and O–H groups in total. The normalized spacial score (nSPS) is 47.4. The quantitative estimate of drug-likeness (QED) is 0.427. The van der Waals surface area contributed by atoms with E-state index in [1.165, 1.54) is 64.2 Å². The minimum Gasteiger partial charge on any atom is -0.0843 e. The Balaban J connectivity index is 1.46.